The van der Waals surface area contributed by atoms with E-state index >= 15 is 0 Å². The van der Waals surface area contributed by atoms with Crippen LogP contribution >= 0.6 is 11.6 Å². The molecule has 0 radical (unpaired) electrons. The first-order valence-corrected chi connectivity index (χ1v) is 8.01. The van der Waals surface area contributed by atoms with Crippen LogP contribution in [0, 0.1) is 11.3 Å². The molecule has 116 valence electrons. The molecule has 0 saturated carbocycles. The van der Waals surface area contributed by atoms with Gasteiger partial charge in [0, 0.05) is 6.20 Å². The molecule has 4 nitrogen and oxygen atoms in total. The molecule has 23 heavy (non-hydrogen) atoms. The van der Waals surface area contributed by atoms with Gasteiger partial charge in [-0.3, -0.25) is 0 Å². The van der Waals surface area contributed by atoms with Gasteiger partial charge in [0.15, 0.2) is 5.65 Å². The van der Waals surface area contributed by atoms with Crippen LogP contribution in [0.1, 0.15) is 43.5 Å². The van der Waals surface area contributed by atoms with Crippen LogP contribution in [0.25, 0.3) is 16.7 Å². The Balaban J connectivity index is 2.34. The summed E-state index contributed by atoms with van der Waals surface area (Å²) in [4.78, 5) is 4.49. The SMILES string of the molecule is CCc1cc(C#N)ccc1-n1nc(C(C)C)c2c(Cl)ccnc21. The third-order valence-electron chi connectivity index (χ3n) is 3.91. The third-order valence-corrected chi connectivity index (χ3v) is 4.22. The summed E-state index contributed by atoms with van der Waals surface area (Å²) in [6.07, 6.45) is 2.51. The second-order valence-electron chi connectivity index (χ2n) is 5.75. The molecule has 0 saturated heterocycles. The number of aryl methyl sites for hydroxylation is 1. The third kappa shape index (κ3) is 2.58. The lowest BCUT2D eigenvalue weighted by Crippen LogP contribution is -2.03. The van der Waals surface area contributed by atoms with Crippen molar-refractivity contribution in [2.45, 2.75) is 33.1 Å². The highest BCUT2D eigenvalue weighted by molar-refractivity contribution is 6.35. The highest BCUT2D eigenvalue weighted by Gasteiger charge is 2.19. The molecular formula is C18H17ClN4. The second kappa shape index (κ2) is 6.02. The maximum atomic E-state index is 9.10. The van der Waals surface area contributed by atoms with E-state index < -0.39 is 0 Å². The fraction of sp³-hybridized carbons (Fsp3) is 0.278. The summed E-state index contributed by atoms with van der Waals surface area (Å²) >= 11 is 6.39. The molecular weight excluding hydrogens is 308 g/mol. The molecule has 1 aromatic carbocycles. The van der Waals surface area contributed by atoms with E-state index in [9.17, 15) is 0 Å². The zero-order valence-electron chi connectivity index (χ0n) is 13.3. The number of hydrogen-bond donors (Lipinski definition) is 0. The molecule has 2 aromatic heterocycles. The Morgan fingerprint density at radius 1 is 1.30 bits per heavy atom. The number of rotatable bonds is 3. The molecule has 0 aliphatic heterocycles. The van der Waals surface area contributed by atoms with Crippen LogP contribution in [-0.2, 0) is 6.42 Å². The topological polar surface area (TPSA) is 54.5 Å². The van der Waals surface area contributed by atoms with Gasteiger partial charge in [-0.2, -0.15) is 10.4 Å². The highest BCUT2D eigenvalue weighted by atomic mass is 35.5. The molecule has 0 N–H and O–H groups in total. The van der Waals surface area contributed by atoms with Gasteiger partial charge < -0.3 is 0 Å². The Labute approximate surface area is 140 Å². The van der Waals surface area contributed by atoms with Crippen molar-refractivity contribution >= 4 is 22.6 Å². The number of nitrogens with zero attached hydrogens (tertiary/aromatic N) is 4. The molecule has 0 atom stereocenters. The van der Waals surface area contributed by atoms with E-state index in [-0.39, 0.29) is 5.92 Å². The molecule has 3 rings (SSSR count). The second-order valence-corrected chi connectivity index (χ2v) is 6.16. The number of fused-ring (bicyclic) bond motifs is 1. The maximum Gasteiger partial charge on any atom is 0.164 e. The predicted molar refractivity (Wildman–Crippen MR) is 92.1 cm³/mol. The van der Waals surface area contributed by atoms with Gasteiger partial charge in [-0.25, -0.2) is 9.67 Å². The molecule has 0 aliphatic rings. The molecule has 5 heteroatoms. The van der Waals surface area contributed by atoms with Crippen LogP contribution in [-0.4, -0.2) is 14.8 Å². The Bertz CT molecular complexity index is 919. The fourth-order valence-electron chi connectivity index (χ4n) is 2.75. The minimum atomic E-state index is 0.240. The van der Waals surface area contributed by atoms with Crippen LogP contribution in [0.2, 0.25) is 5.02 Å². The van der Waals surface area contributed by atoms with Crippen LogP contribution in [0.3, 0.4) is 0 Å². The van der Waals surface area contributed by atoms with Gasteiger partial charge in [0.2, 0.25) is 0 Å². The Morgan fingerprint density at radius 2 is 2.09 bits per heavy atom. The van der Waals surface area contributed by atoms with Crippen molar-refractivity contribution in [3.8, 4) is 11.8 Å². The minimum Gasteiger partial charge on any atom is -0.236 e. The Kier molecular flexibility index (Phi) is 4.06. The Morgan fingerprint density at radius 3 is 2.74 bits per heavy atom. The van der Waals surface area contributed by atoms with E-state index in [0.29, 0.717) is 10.6 Å². The summed E-state index contributed by atoms with van der Waals surface area (Å²) in [6.45, 7) is 6.25. The lowest BCUT2D eigenvalue weighted by molar-refractivity contribution is 0.772. The average molecular weight is 325 g/mol. The molecule has 0 aliphatic carbocycles. The zero-order valence-corrected chi connectivity index (χ0v) is 14.1. The molecule has 0 amide bonds. The zero-order chi connectivity index (χ0) is 16.6. The van der Waals surface area contributed by atoms with Gasteiger partial charge in [-0.1, -0.05) is 32.4 Å². The first-order valence-electron chi connectivity index (χ1n) is 7.63. The summed E-state index contributed by atoms with van der Waals surface area (Å²) in [6, 6.07) is 9.62. The quantitative estimate of drug-likeness (QED) is 0.705. The number of benzene rings is 1. The number of pyridine rings is 1. The fourth-order valence-corrected chi connectivity index (χ4v) is 2.99. The van der Waals surface area contributed by atoms with Crippen molar-refractivity contribution in [3.05, 3.63) is 52.3 Å². The lowest BCUT2D eigenvalue weighted by atomic mass is 10.1. The molecule has 0 unspecified atom stereocenters. The van der Waals surface area contributed by atoms with Crippen molar-refractivity contribution in [2.75, 3.05) is 0 Å². The minimum absolute atomic E-state index is 0.240. The van der Waals surface area contributed by atoms with Gasteiger partial charge in [-0.05, 0) is 42.2 Å². The smallest absolute Gasteiger partial charge is 0.164 e. The van der Waals surface area contributed by atoms with Crippen molar-refractivity contribution in [1.82, 2.24) is 14.8 Å². The van der Waals surface area contributed by atoms with Crippen LogP contribution in [0.5, 0.6) is 0 Å². The van der Waals surface area contributed by atoms with E-state index in [4.69, 9.17) is 22.0 Å². The summed E-state index contributed by atoms with van der Waals surface area (Å²) in [7, 11) is 0. The summed E-state index contributed by atoms with van der Waals surface area (Å²) in [5.41, 5.74) is 4.34. The summed E-state index contributed by atoms with van der Waals surface area (Å²) < 4.78 is 1.84. The van der Waals surface area contributed by atoms with Crippen LogP contribution in [0.15, 0.2) is 30.5 Å². The van der Waals surface area contributed by atoms with Gasteiger partial charge in [0.25, 0.3) is 0 Å². The van der Waals surface area contributed by atoms with E-state index in [0.717, 1.165) is 34.4 Å². The summed E-state index contributed by atoms with van der Waals surface area (Å²) in [5.74, 6) is 0.240. The van der Waals surface area contributed by atoms with Crippen LogP contribution in [0.4, 0.5) is 0 Å². The first kappa shape index (κ1) is 15.5. The van der Waals surface area contributed by atoms with E-state index in [2.05, 4.69) is 31.8 Å². The maximum absolute atomic E-state index is 9.10. The van der Waals surface area contributed by atoms with Crippen molar-refractivity contribution < 1.29 is 0 Å². The predicted octanol–water partition coefficient (Wildman–Crippen LogP) is 4.63. The largest absolute Gasteiger partial charge is 0.236 e. The lowest BCUT2D eigenvalue weighted by Gasteiger charge is -2.09. The van der Waals surface area contributed by atoms with Gasteiger partial charge in [0.1, 0.15) is 0 Å². The van der Waals surface area contributed by atoms with E-state index in [1.54, 1.807) is 12.3 Å². The van der Waals surface area contributed by atoms with Crippen LogP contribution < -0.4 is 0 Å². The molecule has 3 aromatic rings. The Hall–Kier alpha value is -2.38. The number of aromatic nitrogens is 3. The molecule has 0 spiro atoms. The van der Waals surface area contributed by atoms with E-state index in [1.165, 1.54) is 0 Å². The summed E-state index contributed by atoms with van der Waals surface area (Å²) in [5, 5.41) is 15.4. The van der Waals surface area contributed by atoms with E-state index in [1.807, 2.05) is 22.9 Å². The van der Waals surface area contributed by atoms with Crippen molar-refractivity contribution in [3.63, 3.8) is 0 Å². The number of hydrogen-bond acceptors (Lipinski definition) is 3. The van der Waals surface area contributed by atoms with Gasteiger partial charge in [-0.15, -0.1) is 0 Å². The number of halogens is 1. The van der Waals surface area contributed by atoms with Gasteiger partial charge >= 0.3 is 0 Å². The molecule has 0 fully saturated rings. The first-order chi connectivity index (χ1) is 11.1. The monoisotopic (exact) mass is 324 g/mol. The van der Waals surface area contributed by atoms with Gasteiger partial charge in [0.05, 0.1) is 33.4 Å². The average Bonchev–Trinajstić information content (AvgIpc) is 2.95. The normalized spacial score (nSPS) is 11.1. The number of nitriles is 1. The molecule has 2 heterocycles. The van der Waals surface area contributed by atoms with Crippen molar-refractivity contribution in [2.24, 2.45) is 0 Å². The standard InChI is InChI=1S/C18H17ClN4/c1-4-13-9-12(10-20)5-6-15(13)23-18-16(14(19)7-8-21-18)17(22-23)11(2)3/h5-9,11H,4H2,1-3H3. The molecule has 0 bridgehead atoms. The van der Waals surface area contributed by atoms with Crippen molar-refractivity contribution in [1.29, 1.82) is 5.26 Å². The highest BCUT2D eigenvalue weighted by Crippen LogP contribution is 2.32.